The second kappa shape index (κ2) is 5.70. The van der Waals surface area contributed by atoms with Gasteiger partial charge in [0.2, 0.25) is 5.91 Å². The molecule has 0 saturated carbocycles. The summed E-state index contributed by atoms with van der Waals surface area (Å²) in [5.41, 5.74) is 0.414. The van der Waals surface area contributed by atoms with Crippen molar-refractivity contribution in [1.82, 2.24) is 5.32 Å². The molecule has 1 unspecified atom stereocenters. The van der Waals surface area contributed by atoms with E-state index in [0.29, 0.717) is 12.2 Å². The lowest BCUT2D eigenvalue weighted by molar-refractivity contribution is -0.274. The minimum Gasteiger partial charge on any atom is -0.406 e. The molecule has 1 N–H and O–H groups in total. The number of hydrogen-bond acceptors (Lipinski definition) is 3. The lowest BCUT2D eigenvalue weighted by Gasteiger charge is -2.32. The molecule has 4 nitrogen and oxygen atoms in total. The van der Waals surface area contributed by atoms with Crippen LogP contribution in [0.1, 0.15) is 12.8 Å². The van der Waals surface area contributed by atoms with Crippen LogP contribution in [0.5, 0.6) is 5.75 Å². The van der Waals surface area contributed by atoms with Gasteiger partial charge in [0.15, 0.2) is 0 Å². The van der Waals surface area contributed by atoms with Crippen molar-refractivity contribution in [2.45, 2.75) is 25.2 Å². The Balaban J connectivity index is 2.20. The normalized spacial score (nSPS) is 20.1. The van der Waals surface area contributed by atoms with Crippen molar-refractivity contribution < 1.29 is 22.7 Å². The van der Waals surface area contributed by atoms with E-state index >= 15 is 0 Å². The molecule has 1 heterocycles. The van der Waals surface area contributed by atoms with Crippen LogP contribution in [0.3, 0.4) is 0 Å². The van der Waals surface area contributed by atoms with E-state index < -0.39 is 6.36 Å². The van der Waals surface area contributed by atoms with Gasteiger partial charge in [-0.1, -0.05) is 6.07 Å². The van der Waals surface area contributed by atoms with Gasteiger partial charge in [-0.25, -0.2) is 0 Å². The zero-order valence-electron chi connectivity index (χ0n) is 10.9. The van der Waals surface area contributed by atoms with Gasteiger partial charge in [-0.3, -0.25) is 4.79 Å². The number of piperidine rings is 1. The number of nitrogens with zero attached hydrogens (tertiary/aromatic N) is 1. The first kappa shape index (κ1) is 14.6. The lowest BCUT2D eigenvalue weighted by Crippen LogP contribution is -2.49. The number of ether oxygens (including phenoxy) is 1. The number of hydrogen-bond donors (Lipinski definition) is 1. The Kier molecular flexibility index (Phi) is 4.17. The lowest BCUT2D eigenvalue weighted by atomic mass is 10.0. The Bertz CT molecular complexity index is 491. The second-order valence-electron chi connectivity index (χ2n) is 4.52. The van der Waals surface area contributed by atoms with Crippen LogP contribution in [0.15, 0.2) is 24.3 Å². The van der Waals surface area contributed by atoms with Gasteiger partial charge in [-0.05, 0) is 32.0 Å². The number of halogens is 3. The summed E-state index contributed by atoms with van der Waals surface area (Å²) >= 11 is 0. The monoisotopic (exact) mass is 288 g/mol. The summed E-state index contributed by atoms with van der Waals surface area (Å²) in [6.07, 6.45) is -3.22. The number of amides is 1. The van der Waals surface area contributed by atoms with Gasteiger partial charge in [0.05, 0.1) is 6.04 Å². The van der Waals surface area contributed by atoms with Crippen molar-refractivity contribution >= 4 is 11.6 Å². The minimum absolute atomic E-state index is 0.136. The smallest absolute Gasteiger partial charge is 0.406 e. The molecule has 1 aromatic carbocycles. The largest absolute Gasteiger partial charge is 0.573 e. The first-order valence-electron chi connectivity index (χ1n) is 6.25. The molecule has 0 spiro atoms. The van der Waals surface area contributed by atoms with E-state index in [2.05, 4.69) is 10.1 Å². The highest BCUT2D eigenvalue weighted by molar-refractivity contribution is 5.98. The fourth-order valence-electron chi connectivity index (χ4n) is 2.25. The van der Waals surface area contributed by atoms with Crippen molar-refractivity contribution in [3.63, 3.8) is 0 Å². The third-order valence-electron chi connectivity index (χ3n) is 3.15. The van der Waals surface area contributed by atoms with Gasteiger partial charge in [0.25, 0.3) is 0 Å². The number of nitrogens with one attached hydrogen (secondary N) is 1. The van der Waals surface area contributed by atoms with Gasteiger partial charge >= 0.3 is 6.36 Å². The molecule has 7 heteroatoms. The third kappa shape index (κ3) is 3.41. The predicted molar refractivity (Wildman–Crippen MR) is 67.6 cm³/mol. The Morgan fingerprint density at radius 2 is 2.15 bits per heavy atom. The zero-order chi connectivity index (χ0) is 14.8. The molecule has 1 amide bonds. The maximum atomic E-state index is 12.2. The second-order valence-corrected chi connectivity index (χ2v) is 4.52. The van der Waals surface area contributed by atoms with Gasteiger partial charge in [-0.15, -0.1) is 13.2 Å². The SMILES string of the molecule is CNC1CCCN(c2cccc(OC(F)(F)F)c2)C1=O. The van der Waals surface area contributed by atoms with Crippen LogP contribution >= 0.6 is 0 Å². The summed E-state index contributed by atoms with van der Waals surface area (Å²) in [6.45, 7) is 0.493. The Hall–Kier alpha value is -1.76. The van der Waals surface area contributed by atoms with Crippen molar-refractivity contribution in [3.05, 3.63) is 24.3 Å². The van der Waals surface area contributed by atoms with Gasteiger partial charge < -0.3 is 15.0 Å². The number of alkyl halides is 3. The van der Waals surface area contributed by atoms with Crippen LogP contribution in [0, 0.1) is 0 Å². The first-order chi connectivity index (χ1) is 9.40. The zero-order valence-corrected chi connectivity index (χ0v) is 10.9. The summed E-state index contributed by atoms with van der Waals surface area (Å²) in [5, 5.41) is 2.90. The predicted octanol–water partition coefficient (Wildman–Crippen LogP) is 2.30. The molecule has 0 radical (unpaired) electrons. The highest BCUT2D eigenvalue weighted by Gasteiger charge is 2.32. The molecule has 0 aliphatic carbocycles. The van der Waals surface area contributed by atoms with Crippen LogP contribution in [0.25, 0.3) is 0 Å². The summed E-state index contributed by atoms with van der Waals surface area (Å²) in [5.74, 6) is -0.461. The van der Waals surface area contributed by atoms with E-state index in [9.17, 15) is 18.0 Å². The van der Waals surface area contributed by atoms with Gasteiger partial charge in [0, 0.05) is 18.3 Å². The van der Waals surface area contributed by atoms with Crippen LogP contribution < -0.4 is 15.0 Å². The molecule has 1 aromatic rings. The molecule has 0 bridgehead atoms. The van der Waals surface area contributed by atoms with E-state index in [1.165, 1.54) is 23.1 Å². The molecule has 1 aliphatic heterocycles. The fourth-order valence-corrected chi connectivity index (χ4v) is 2.25. The van der Waals surface area contributed by atoms with Crippen LogP contribution in [-0.4, -0.2) is 31.9 Å². The number of carbonyl (C=O) groups is 1. The van der Waals surface area contributed by atoms with Crippen molar-refractivity contribution in [3.8, 4) is 5.75 Å². The molecule has 1 saturated heterocycles. The molecule has 1 aliphatic rings. The highest BCUT2D eigenvalue weighted by Crippen LogP contribution is 2.28. The Morgan fingerprint density at radius 1 is 1.40 bits per heavy atom. The van der Waals surface area contributed by atoms with E-state index in [-0.39, 0.29) is 17.7 Å². The Labute approximate surface area is 114 Å². The van der Waals surface area contributed by atoms with E-state index in [4.69, 9.17) is 0 Å². The average molecular weight is 288 g/mol. The minimum atomic E-state index is -4.74. The molecule has 20 heavy (non-hydrogen) atoms. The number of rotatable bonds is 3. The molecule has 0 aromatic heterocycles. The molecule has 2 rings (SSSR count). The molecule has 110 valence electrons. The fraction of sp³-hybridized carbons (Fsp3) is 0.462. The standard InChI is InChI=1S/C13H15F3N2O2/c1-17-11-6-3-7-18(12(11)19)9-4-2-5-10(8-9)20-13(14,15)16/h2,4-5,8,11,17H,3,6-7H2,1H3. The van der Waals surface area contributed by atoms with Gasteiger partial charge in [0.1, 0.15) is 5.75 Å². The number of benzene rings is 1. The molecular formula is C13H15F3N2O2. The number of carbonyl (C=O) groups excluding carboxylic acids is 1. The van der Waals surface area contributed by atoms with Gasteiger partial charge in [-0.2, -0.15) is 0 Å². The summed E-state index contributed by atoms with van der Waals surface area (Å²) in [4.78, 5) is 13.6. The quantitative estimate of drug-likeness (QED) is 0.928. The van der Waals surface area contributed by atoms with Crippen molar-refractivity contribution in [1.29, 1.82) is 0 Å². The topological polar surface area (TPSA) is 41.6 Å². The van der Waals surface area contributed by atoms with Crippen molar-refractivity contribution in [2.24, 2.45) is 0 Å². The van der Waals surface area contributed by atoms with E-state index in [0.717, 1.165) is 12.8 Å². The van der Waals surface area contributed by atoms with Crippen molar-refractivity contribution in [2.75, 3.05) is 18.5 Å². The summed E-state index contributed by atoms with van der Waals surface area (Å²) in [7, 11) is 1.69. The van der Waals surface area contributed by atoms with E-state index in [1.54, 1.807) is 13.1 Å². The third-order valence-corrected chi connectivity index (χ3v) is 3.15. The number of likely N-dealkylation sites (N-methyl/N-ethyl adjacent to an activating group) is 1. The maximum Gasteiger partial charge on any atom is 0.573 e. The van der Waals surface area contributed by atoms with Crippen LogP contribution in [0.4, 0.5) is 18.9 Å². The molecule has 1 fully saturated rings. The Morgan fingerprint density at radius 3 is 2.80 bits per heavy atom. The summed E-state index contributed by atoms with van der Waals surface area (Å²) < 4.78 is 40.5. The molecule has 1 atom stereocenters. The first-order valence-corrected chi connectivity index (χ1v) is 6.25. The van der Waals surface area contributed by atoms with Crippen LogP contribution in [-0.2, 0) is 4.79 Å². The van der Waals surface area contributed by atoms with E-state index in [1.807, 2.05) is 0 Å². The summed E-state index contributed by atoms with van der Waals surface area (Å²) in [6, 6.07) is 5.17. The highest BCUT2D eigenvalue weighted by atomic mass is 19.4. The molecular weight excluding hydrogens is 273 g/mol. The maximum absolute atomic E-state index is 12.2. The van der Waals surface area contributed by atoms with Crippen LogP contribution in [0.2, 0.25) is 0 Å². The average Bonchev–Trinajstić information content (AvgIpc) is 2.37. The number of anilines is 1.